The van der Waals surface area contributed by atoms with E-state index < -0.39 is 5.56 Å². The van der Waals surface area contributed by atoms with E-state index in [2.05, 4.69) is 5.10 Å². The van der Waals surface area contributed by atoms with Gasteiger partial charge in [0.25, 0.3) is 5.56 Å². The van der Waals surface area contributed by atoms with Crippen LogP contribution >= 0.6 is 34.8 Å². The molecule has 1 fully saturated rings. The van der Waals surface area contributed by atoms with Gasteiger partial charge in [-0.05, 0) is 31.0 Å². The Balaban J connectivity index is 1.93. The maximum atomic E-state index is 12.8. The first-order valence-electron chi connectivity index (χ1n) is 8.68. The number of carbonyl (C=O) groups excluding carboxylic acids is 1. The molecular weight excluding hydrogens is 411 g/mol. The molecule has 1 aromatic heterocycles. The Morgan fingerprint density at radius 1 is 1.11 bits per heavy atom. The van der Waals surface area contributed by atoms with Crippen LogP contribution in [0.4, 0.5) is 5.69 Å². The Bertz CT molecular complexity index is 916. The third kappa shape index (κ3) is 4.23. The van der Waals surface area contributed by atoms with Crippen LogP contribution in [0.1, 0.15) is 19.8 Å². The Morgan fingerprint density at radius 2 is 1.89 bits per heavy atom. The highest BCUT2D eigenvalue weighted by atomic mass is 35.5. The summed E-state index contributed by atoms with van der Waals surface area (Å²) in [6.45, 7) is 4.27. The summed E-state index contributed by atoms with van der Waals surface area (Å²) in [4.78, 5) is 28.9. The van der Waals surface area contributed by atoms with Gasteiger partial charge < -0.3 is 9.80 Å². The molecule has 27 heavy (non-hydrogen) atoms. The van der Waals surface area contributed by atoms with Crippen LogP contribution in [0.3, 0.4) is 0 Å². The lowest BCUT2D eigenvalue weighted by Gasteiger charge is -2.23. The van der Waals surface area contributed by atoms with E-state index in [9.17, 15) is 9.59 Å². The van der Waals surface area contributed by atoms with Gasteiger partial charge in [-0.25, -0.2) is 0 Å². The van der Waals surface area contributed by atoms with Gasteiger partial charge in [-0.15, -0.1) is 0 Å². The van der Waals surface area contributed by atoms with Crippen LogP contribution in [0.5, 0.6) is 0 Å². The van der Waals surface area contributed by atoms with Gasteiger partial charge in [0.2, 0.25) is 5.91 Å². The van der Waals surface area contributed by atoms with Crippen molar-refractivity contribution in [3.05, 3.63) is 49.8 Å². The predicted octanol–water partition coefficient (Wildman–Crippen LogP) is 3.64. The summed E-state index contributed by atoms with van der Waals surface area (Å²) < 4.78 is 1.13. The van der Waals surface area contributed by atoms with Crippen molar-refractivity contribution in [2.75, 3.05) is 31.1 Å². The molecule has 0 spiro atoms. The van der Waals surface area contributed by atoms with E-state index in [4.69, 9.17) is 34.8 Å². The highest BCUT2D eigenvalue weighted by molar-refractivity contribution is 6.36. The lowest BCUT2D eigenvalue weighted by Crippen LogP contribution is -2.38. The molecule has 144 valence electrons. The van der Waals surface area contributed by atoms with Gasteiger partial charge >= 0.3 is 0 Å². The molecule has 1 saturated heterocycles. The number of anilines is 1. The molecule has 1 amide bonds. The van der Waals surface area contributed by atoms with Crippen LogP contribution < -0.4 is 10.5 Å². The van der Waals surface area contributed by atoms with Crippen LogP contribution in [0.2, 0.25) is 15.1 Å². The third-order valence-corrected chi connectivity index (χ3v) is 5.30. The number of halogens is 3. The second kappa shape index (κ2) is 8.50. The number of hydrogen-bond donors (Lipinski definition) is 0. The van der Waals surface area contributed by atoms with Crippen molar-refractivity contribution in [3.63, 3.8) is 0 Å². The van der Waals surface area contributed by atoms with Gasteiger partial charge in [-0.1, -0.05) is 41.7 Å². The Hall–Kier alpha value is -1.76. The molecule has 0 unspecified atom stereocenters. The smallest absolute Gasteiger partial charge is 0.292 e. The number of hydrogen-bond acceptors (Lipinski definition) is 4. The van der Waals surface area contributed by atoms with E-state index >= 15 is 0 Å². The quantitative estimate of drug-likeness (QED) is 0.744. The van der Waals surface area contributed by atoms with Crippen LogP contribution in [0, 0.1) is 0 Å². The molecule has 1 aromatic carbocycles. The second-order valence-corrected chi connectivity index (χ2v) is 7.53. The number of carbonyl (C=O) groups is 1. The van der Waals surface area contributed by atoms with E-state index in [0.29, 0.717) is 34.5 Å². The molecule has 1 aliphatic heterocycles. The van der Waals surface area contributed by atoms with Crippen molar-refractivity contribution in [2.45, 2.75) is 19.8 Å². The first-order valence-corrected chi connectivity index (χ1v) is 9.81. The average Bonchev–Trinajstić information content (AvgIpc) is 2.80. The zero-order valence-corrected chi connectivity index (χ0v) is 17.1. The highest BCUT2D eigenvalue weighted by Gasteiger charge is 2.24. The topological polar surface area (TPSA) is 58.4 Å². The van der Waals surface area contributed by atoms with Crippen molar-refractivity contribution >= 4 is 46.4 Å². The first-order chi connectivity index (χ1) is 12.9. The Labute approximate surface area is 172 Å². The van der Waals surface area contributed by atoms with Crippen molar-refractivity contribution in [3.8, 4) is 5.69 Å². The van der Waals surface area contributed by atoms with Crippen LogP contribution in [0.15, 0.2) is 29.2 Å². The summed E-state index contributed by atoms with van der Waals surface area (Å²) in [6.07, 6.45) is 3.21. The fourth-order valence-electron chi connectivity index (χ4n) is 3.10. The van der Waals surface area contributed by atoms with E-state index in [-0.39, 0.29) is 17.5 Å². The molecule has 0 radical (unpaired) electrons. The van der Waals surface area contributed by atoms with Crippen molar-refractivity contribution in [1.29, 1.82) is 0 Å². The van der Waals surface area contributed by atoms with E-state index in [1.807, 2.05) is 16.7 Å². The molecule has 0 aliphatic carbocycles. The number of nitrogens with zero attached hydrogens (tertiary/aromatic N) is 4. The molecule has 3 rings (SSSR count). The standard InChI is InChI=1S/C18H19Cl3N4O2/c1-2-6-23-7-3-8-24(11-16(23)26)15-10-22-25(18(27)17(15)21)14-5-4-12(19)9-13(14)20/h4-5,9-10H,2-3,6-8,11H2,1H3. The normalized spacial score (nSPS) is 15.2. The minimum Gasteiger partial charge on any atom is -0.359 e. The minimum absolute atomic E-state index is 0.00718. The molecule has 0 bridgehead atoms. The summed E-state index contributed by atoms with van der Waals surface area (Å²) in [5, 5.41) is 4.97. The summed E-state index contributed by atoms with van der Waals surface area (Å²) in [7, 11) is 0. The fourth-order valence-corrected chi connectivity index (χ4v) is 3.84. The van der Waals surface area contributed by atoms with E-state index in [1.54, 1.807) is 12.1 Å². The molecule has 0 saturated carbocycles. The summed E-state index contributed by atoms with van der Waals surface area (Å²) in [5.41, 5.74) is 0.343. The van der Waals surface area contributed by atoms with Crippen LogP contribution in [-0.2, 0) is 4.79 Å². The summed E-state index contributed by atoms with van der Waals surface area (Å²) in [5.74, 6) is 0.0235. The molecule has 1 aliphatic rings. The molecule has 9 heteroatoms. The van der Waals surface area contributed by atoms with Crippen molar-refractivity contribution in [2.24, 2.45) is 0 Å². The number of amides is 1. The summed E-state index contributed by atoms with van der Waals surface area (Å²) >= 11 is 18.4. The van der Waals surface area contributed by atoms with Crippen molar-refractivity contribution in [1.82, 2.24) is 14.7 Å². The van der Waals surface area contributed by atoms with Gasteiger partial charge in [-0.3, -0.25) is 9.59 Å². The third-order valence-electron chi connectivity index (χ3n) is 4.41. The van der Waals surface area contributed by atoms with E-state index in [1.165, 1.54) is 12.3 Å². The van der Waals surface area contributed by atoms with Gasteiger partial charge in [-0.2, -0.15) is 9.78 Å². The Morgan fingerprint density at radius 3 is 2.59 bits per heavy atom. The molecule has 0 N–H and O–H groups in total. The maximum absolute atomic E-state index is 12.8. The van der Waals surface area contributed by atoms with Crippen LogP contribution in [-0.4, -0.2) is 46.8 Å². The van der Waals surface area contributed by atoms with Crippen molar-refractivity contribution < 1.29 is 4.79 Å². The van der Waals surface area contributed by atoms with Gasteiger partial charge in [0.15, 0.2) is 0 Å². The van der Waals surface area contributed by atoms with Gasteiger partial charge in [0.05, 0.1) is 29.1 Å². The lowest BCUT2D eigenvalue weighted by molar-refractivity contribution is -0.129. The zero-order chi connectivity index (χ0) is 19.6. The number of benzene rings is 1. The lowest BCUT2D eigenvalue weighted by atomic mass is 10.3. The number of rotatable bonds is 4. The SMILES string of the molecule is CCCN1CCCN(c2cnn(-c3ccc(Cl)cc3Cl)c(=O)c2Cl)CC1=O. The zero-order valence-electron chi connectivity index (χ0n) is 14.8. The average molecular weight is 430 g/mol. The van der Waals surface area contributed by atoms with Gasteiger partial charge in [0.1, 0.15) is 5.02 Å². The second-order valence-electron chi connectivity index (χ2n) is 6.31. The first kappa shape index (κ1) is 20.0. The summed E-state index contributed by atoms with van der Waals surface area (Å²) in [6, 6.07) is 4.76. The minimum atomic E-state index is -0.500. The maximum Gasteiger partial charge on any atom is 0.292 e. The monoisotopic (exact) mass is 428 g/mol. The predicted molar refractivity (Wildman–Crippen MR) is 109 cm³/mol. The number of aromatic nitrogens is 2. The fraction of sp³-hybridized carbons (Fsp3) is 0.389. The molecular formula is C18H19Cl3N4O2. The largest absolute Gasteiger partial charge is 0.359 e. The van der Waals surface area contributed by atoms with Crippen LogP contribution in [0.25, 0.3) is 5.69 Å². The van der Waals surface area contributed by atoms with E-state index in [0.717, 1.165) is 24.1 Å². The molecule has 0 atom stereocenters. The Kier molecular flexibility index (Phi) is 6.29. The molecule has 6 nitrogen and oxygen atoms in total. The molecule has 2 aromatic rings. The van der Waals surface area contributed by atoms with Gasteiger partial charge in [0, 0.05) is 24.7 Å². The highest BCUT2D eigenvalue weighted by Crippen LogP contribution is 2.26. The molecule has 2 heterocycles.